The number of hydrogen-bond acceptors (Lipinski definition) is 3. The SMILES string of the molecule is Cc1ccc(S(=O)(=O)NCC(Cc2ccccc2)N2CCCC2)cc1. The third kappa shape index (κ3) is 4.91. The van der Waals surface area contributed by atoms with E-state index in [4.69, 9.17) is 0 Å². The van der Waals surface area contributed by atoms with Gasteiger partial charge in [0.1, 0.15) is 0 Å². The normalized spacial score (nSPS) is 16.8. The van der Waals surface area contributed by atoms with Gasteiger partial charge in [-0.25, -0.2) is 13.1 Å². The molecular weight excluding hydrogens is 332 g/mol. The molecule has 0 saturated carbocycles. The second kappa shape index (κ2) is 8.13. The second-order valence-electron chi connectivity index (χ2n) is 6.75. The van der Waals surface area contributed by atoms with Crippen LogP contribution in [-0.2, 0) is 16.4 Å². The highest BCUT2D eigenvalue weighted by Gasteiger charge is 2.24. The molecule has 0 aromatic heterocycles. The lowest BCUT2D eigenvalue weighted by molar-refractivity contribution is 0.241. The molecule has 134 valence electrons. The van der Waals surface area contributed by atoms with Crippen molar-refractivity contribution in [2.45, 2.75) is 37.1 Å². The van der Waals surface area contributed by atoms with Crippen LogP contribution in [0.1, 0.15) is 24.0 Å². The van der Waals surface area contributed by atoms with Crippen LogP contribution in [-0.4, -0.2) is 39.0 Å². The maximum absolute atomic E-state index is 12.6. The second-order valence-corrected chi connectivity index (χ2v) is 8.52. The summed E-state index contributed by atoms with van der Waals surface area (Å²) in [4.78, 5) is 2.74. The molecule has 0 aliphatic carbocycles. The Bertz CT molecular complexity index is 767. The Balaban J connectivity index is 1.70. The van der Waals surface area contributed by atoms with E-state index >= 15 is 0 Å². The van der Waals surface area contributed by atoms with Crippen LogP contribution in [0.25, 0.3) is 0 Å². The van der Waals surface area contributed by atoms with Gasteiger partial charge in [-0.2, -0.15) is 0 Å². The van der Waals surface area contributed by atoms with Crippen LogP contribution in [0.2, 0.25) is 0 Å². The highest BCUT2D eigenvalue weighted by Crippen LogP contribution is 2.17. The average Bonchev–Trinajstić information content (AvgIpc) is 3.14. The molecule has 5 heteroatoms. The van der Waals surface area contributed by atoms with Gasteiger partial charge in [0, 0.05) is 12.6 Å². The minimum atomic E-state index is -3.47. The lowest BCUT2D eigenvalue weighted by Gasteiger charge is -2.28. The van der Waals surface area contributed by atoms with E-state index in [9.17, 15) is 8.42 Å². The molecule has 1 aliphatic heterocycles. The van der Waals surface area contributed by atoms with E-state index in [0.717, 1.165) is 25.1 Å². The van der Waals surface area contributed by atoms with Gasteiger partial charge in [0.25, 0.3) is 0 Å². The minimum Gasteiger partial charge on any atom is -0.299 e. The molecule has 2 aromatic rings. The Labute approximate surface area is 150 Å². The number of hydrogen-bond donors (Lipinski definition) is 1. The topological polar surface area (TPSA) is 49.4 Å². The first-order valence-corrected chi connectivity index (χ1v) is 10.4. The fraction of sp³-hybridized carbons (Fsp3) is 0.400. The molecule has 0 spiro atoms. The summed E-state index contributed by atoms with van der Waals surface area (Å²) in [5.41, 5.74) is 2.30. The summed E-state index contributed by atoms with van der Waals surface area (Å²) in [7, 11) is -3.47. The summed E-state index contributed by atoms with van der Waals surface area (Å²) < 4.78 is 28.0. The molecule has 0 amide bonds. The van der Waals surface area contributed by atoms with Crippen molar-refractivity contribution in [3.8, 4) is 0 Å². The number of nitrogens with one attached hydrogen (secondary N) is 1. The lowest BCUT2D eigenvalue weighted by atomic mass is 10.1. The highest BCUT2D eigenvalue weighted by molar-refractivity contribution is 7.89. The number of likely N-dealkylation sites (tertiary alicyclic amines) is 1. The average molecular weight is 359 g/mol. The standard InChI is InChI=1S/C20H26N2O2S/c1-17-9-11-20(12-10-17)25(23,24)21-16-19(22-13-5-6-14-22)15-18-7-3-2-4-8-18/h2-4,7-12,19,21H,5-6,13-16H2,1H3. The van der Waals surface area contributed by atoms with E-state index in [0.29, 0.717) is 11.4 Å². The number of sulfonamides is 1. The van der Waals surface area contributed by atoms with E-state index in [1.165, 1.54) is 18.4 Å². The Morgan fingerprint density at radius 2 is 1.64 bits per heavy atom. The van der Waals surface area contributed by atoms with Gasteiger partial charge >= 0.3 is 0 Å². The summed E-state index contributed by atoms with van der Waals surface area (Å²) in [6, 6.07) is 17.5. The van der Waals surface area contributed by atoms with E-state index in [1.54, 1.807) is 12.1 Å². The molecule has 3 rings (SSSR count). The van der Waals surface area contributed by atoms with Crippen LogP contribution in [0.4, 0.5) is 0 Å². The molecule has 1 heterocycles. The highest BCUT2D eigenvalue weighted by atomic mass is 32.2. The maximum Gasteiger partial charge on any atom is 0.240 e. The quantitative estimate of drug-likeness (QED) is 0.828. The Kier molecular flexibility index (Phi) is 5.89. The number of aryl methyl sites for hydroxylation is 1. The Hall–Kier alpha value is -1.69. The molecule has 1 atom stereocenters. The molecule has 1 unspecified atom stereocenters. The largest absolute Gasteiger partial charge is 0.299 e. The maximum atomic E-state index is 12.6. The van der Waals surface area contributed by atoms with Crippen molar-refractivity contribution in [2.24, 2.45) is 0 Å². The van der Waals surface area contributed by atoms with Crippen LogP contribution >= 0.6 is 0 Å². The van der Waals surface area contributed by atoms with E-state index in [2.05, 4.69) is 21.8 Å². The summed E-state index contributed by atoms with van der Waals surface area (Å²) >= 11 is 0. The van der Waals surface area contributed by atoms with Crippen molar-refractivity contribution in [1.29, 1.82) is 0 Å². The minimum absolute atomic E-state index is 0.185. The molecule has 4 nitrogen and oxygen atoms in total. The fourth-order valence-electron chi connectivity index (χ4n) is 3.33. The zero-order chi connectivity index (χ0) is 17.7. The predicted octanol–water partition coefficient (Wildman–Crippen LogP) is 2.98. The van der Waals surface area contributed by atoms with Gasteiger partial charge in [-0.3, -0.25) is 4.90 Å². The molecule has 1 N–H and O–H groups in total. The van der Waals surface area contributed by atoms with Crippen molar-refractivity contribution < 1.29 is 8.42 Å². The predicted molar refractivity (Wildman–Crippen MR) is 101 cm³/mol. The number of benzene rings is 2. The molecule has 25 heavy (non-hydrogen) atoms. The molecule has 0 radical (unpaired) electrons. The first-order valence-electron chi connectivity index (χ1n) is 8.89. The van der Waals surface area contributed by atoms with Gasteiger partial charge in [-0.05, 0) is 57.0 Å². The van der Waals surface area contributed by atoms with Gasteiger partial charge < -0.3 is 0 Å². The smallest absolute Gasteiger partial charge is 0.240 e. The van der Waals surface area contributed by atoms with Crippen molar-refractivity contribution >= 4 is 10.0 Å². The molecule has 2 aromatic carbocycles. The van der Waals surface area contributed by atoms with Crippen LogP contribution in [0.15, 0.2) is 59.5 Å². The molecular formula is C20H26N2O2S. The van der Waals surface area contributed by atoms with E-state index < -0.39 is 10.0 Å². The first-order chi connectivity index (χ1) is 12.0. The van der Waals surface area contributed by atoms with Crippen LogP contribution in [0, 0.1) is 6.92 Å². The summed E-state index contributed by atoms with van der Waals surface area (Å²) in [5, 5.41) is 0. The van der Waals surface area contributed by atoms with Gasteiger partial charge in [0.05, 0.1) is 4.90 Å². The molecule has 1 fully saturated rings. The summed E-state index contributed by atoms with van der Waals surface area (Å²) in [6.45, 7) is 4.48. The van der Waals surface area contributed by atoms with Gasteiger partial charge in [0.2, 0.25) is 10.0 Å². The molecule has 0 bridgehead atoms. The molecule has 1 saturated heterocycles. The van der Waals surface area contributed by atoms with Crippen LogP contribution in [0.5, 0.6) is 0 Å². The zero-order valence-electron chi connectivity index (χ0n) is 14.7. The zero-order valence-corrected chi connectivity index (χ0v) is 15.5. The van der Waals surface area contributed by atoms with Crippen molar-refractivity contribution in [3.05, 3.63) is 65.7 Å². The third-order valence-corrected chi connectivity index (χ3v) is 6.25. The number of rotatable bonds is 7. The van der Waals surface area contributed by atoms with E-state index in [-0.39, 0.29) is 6.04 Å². The lowest BCUT2D eigenvalue weighted by Crippen LogP contribution is -2.43. The van der Waals surface area contributed by atoms with Crippen molar-refractivity contribution in [1.82, 2.24) is 9.62 Å². The van der Waals surface area contributed by atoms with Gasteiger partial charge in [-0.1, -0.05) is 48.0 Å². The first kappa shape index (κ1) is 18.1. The van der Waals surface area contributed by atoms with Crippen LogP contribution < -0.4 is 4.72 Å². The van der Waals surface area contributed by atoms with Crippen LogP contribution in [0.3, 0.4) is 0 Å². The third-order valence-electron chi connectivity index (χ3n) is 4.81. The van der Waals surface area contributed by atoms with Gasteiger partial charge in [0.15, 0.2) is 0 Å². The van der Waals surface area contributed by atoms with Crippen molar-refractivity contribution in [3.63, 3.8) is 0 Å². The van der Waals surface area contributed by atoms with Crippen molar-refractivity contribution in [2.75, 3.05) is 19.6 Å². The summed E-state index contributed by atoms with van der Waals surface area (Å²) in [6.07, 6.45) is 3.24. The van der Waals surface area contributed by atoms with E-state index in [1.807, 2.05) is 37.3 Å². The Morgan fingerprint density at radius 3 is 2.28 bits per heavy atom. The van der Waals surface area contributed by atoms with Gasteiger partial charge in [-0.15, -0.1) is 0 Å². The Morgan fingerprint density at radius 1 is 1.00 bits per heavy atom. The summed E-state index contributed by atoms with van der Waals surface area (Å²) in [5.74, 6) is 0. The number of nitrogens with zero attached hydrogens (tertiary/aromatic N) is 1. The molecule has 1 aliphatic rings. The fourth-order valence-corrected chi connectivity index (χ4v) is 4.40. The monoisotopic (exact) mass is 358 g/mol.